The molecule has 0 saturated heterocycles. The van der Waals surface area contributed by atoms with Crippen molar-refractivity contribution in [1.82, 2.24) is 9.97 Å². The summed E-state index contributed by atoms with van der Waals surface area (Å²) in [6, 6.07) is 32.6. The van der Waals surface area contributed by atoms with Crippen LogP contribution in [0.3, 0.4) is 0 Å². The van der Waals surface area contributed by atoms with Gasteiger partial charge in [0.15, 0.2) is 0 Å². The minimum absolute atomic E-state index is 0. The number of hydrogen-bond acceptors (Lipinski definition) is 3. The third-order valence-electron chi connectivity index (χ3n) is 9.03. The second kappa shape index (κ2) is 14.5. The Balaban J connectivity index is 0.000000256. The summed E-state index contributed by atoms with van der Waals surface area (Å²) in [5.41, 5.74) is 12.8. The molecule has 0 atom stereocenters. The summed E-state index contributed by atoms with van der Waals surface area (Å²) in [6.07, 6.45) is 3.60. The average molecular weight is 804 g/mol. The summed E-state index contributed by atoms with van der Waals surface area (Å²) in [7, 11) is 0. The number of anilines is 4. The van der Waals surface area contributed by atoms with E-state index in [1.807, 2.05) is 24.3 Å². The molecule has 6 aromatic rings. The van der Waals surface area contributed by atoms with Crippen molar-refractivity contribution < 1.29 is 22.4 Å². The second-order valence-electron chi connectivity index (χ2n) is 13.6. The molecule has 1 aliphatic heterocycles. The maximum atomic E-state index is 4.45. The minimum atomic E-state index is 0. The van der Waals surface area contributed by atoms with Crippen LogP contribution < -0.4 is 14.8 Å². The van der Waals surface area contributed by atoms with Crippen LogP contribution in [-0.2, 0) is 22.4 Å². The van der Waals surface area contributed by atoms with E-state index in [4.69, 9.17) is 0 Å². The Morgan fingerprint density at radius 2 is 0.936 bits per heavy atom. The first-order chi connectivity index (χ1) is 22.2. The monoisotopic (exact) mass is 803 g/mol. The molecule has 0 amide bonds. The Kier molecular flexibility index (Phi) is 10.7. The quantitative estimate of drug-likeness (QED) is 0.124. The van der Waals surface area contributed by atoms with Crippen molar-refractivity contribution in [3.63, 3.8) is 0 Å². The molecule has 0 unspecified atom stereocenters. The third-order valence-corrected chi connectivity index (χ3v) is 9.03. The molecule has 4 nitrogen and oxygen atoms in total. The van der Waals surface area contributed by atoms with Crippen LogP contribution in [0.4, 0.5) is 22.7 Å². The topological polar surface area (TPSA) is 33.5 Å². The fourth-order valence-corrected chi connectivity index (χ4v) is 6.68. The summed E-state index contributed by atoms with van der Waals surface area (Å²) in [5, 5.41) is 2.39. The number of aromatic nitrogens is 2. The van der Waals surface area contributed by atoms with Crippen molar-refractivity contribution >= 4 is 44.6 Å². The Hall–Kier alpha value is -3.83. The van der Waals surface area contributed by atoms with E-state index < -0.39 is 0 Å². The van der Waals surface area contributed by atoms with Crippen LogP contribution in [0.2, 0.25) is 0 Å². The van der Waals surface area contributed by atoms with Gasteiger partial charge in [0.1, 0.15) is 0 Å². The van der Waals surface area contributed by atoms with E-state index in [2.05, 4.69) is 149 Å². The van der Waals surface area contributed by atoms with E-state index in [0.717, 1.165) is 11.0 Å². The molecule has 0 fully saturated rings. The molecule has 0 aliphatic carbocycles. The van der Waals surface area contributed by atoms with E-state index in [-0.39, 0.29) is 22.4 Å². The van der Waals surface area contributed by atoms with Gasteiger partial charge in [-0.25, -0.2) is 0 Å². The first-order valence-corrected chi connectivity index (χ1v) is 16.7. The first-order valence-electron chi connectivity index (χ1n) is 16.7. The van der Waals surface area contributed by atoms with Crippen LogP contribution in [-0.4, -0.2) is 4.98 Å². The molecule has 47 heavy (non-hydrogen) atoms. The Bertz CT molecular complexity index is 1780. The van der Waals surface area contributed by atoms with Crippen molar-refractivity contribution in [3.8, 4) is 0 Å². The number of nitrogens with zero attached hydrogens (tertiary/aromatic N) is 4. The minimum Gasteiger partial charge on any atom is -0.656 e. The van der Waals surface area contributed by atoms with Crippen LogP contribution >= 0.6 is 0 Å². The Morgan fingerprint density at radius 1 is 0.511 bits per heavy atom. The zero-order valence-corrected chi connectivity index (χ0v) is 31.0. The van der Waals surface area contributed by atoms with Crippen molar-refractivity contribution in [2.75, 3.05) is 9.80 Å². The molecule has 0 N–H and O–H groups in total. The van der Waals surface area contributed by atoms with Gasteiger partial charge >= 0.3 is 0 Å². The van der Waals surface area contributed by atoms with E-state index >= 15 is 0 Å². The average Bonchev–Trinajstić information content (AvgIpc) is 3.63. The van der Waals surface area contributed by atoms with Gasteiger partial charge in [0.05, 0.1) is 0 Å². The Labute approximate surface area is 296 Å². The molecule has 4 aromatic carbocycles. The van der Waals surface area contributed by atoms with Gasteiger partial charge in [-0.1, -0.05) is 128 Å². The van der Waals surface area contributed by atoms with Gasteiger partial charge < -0.3 is 14.8 Å². The first kappa shape index (κ1) is 34.5. The molecule has 247 valence electrons. The van der Waals surface area contributed by atoms with Gasteiger partial charge in [0.2, 0.25) is 0 Å². The molecular weight excluding hydrogens is 757 g/mol. The van der Waals surface area contributed by atoms with E-state index in [0.29, 0.717) is 23.7 Å². The molecular formula is C42H46AuN4-2. The van der Waals surface area contributed by atoms with Gasteiger partial charge in [-0.2, -0.15) is 0 Å². The summed E-state index contributed by atoms with van der Waals surface area (Å²) >= 11 is 0. The van der Waals surface area contributed by atoms with Gasteiger partial charge in [0, 0.05) is 57.5 Å². The summed E-state index contributed by atoms with van der Waals surface area (Å²) in [6.45, 7) is 20.7. The van der Waals surface area contributed by atoms with Gasteiger partial charge in [0.25, 0.3) is 0 Å². The molecule has 3 heterocycles. The normalized spacial score (nSPS) is 12.7. The number of fused-ring (bicyclic) bond motifs is 4. The molecule has 7 rings (SSSR count). The van der Waals surface area contributed by atoms with Crippen molar-refractivity contribution in [2.24, 2.45) is 0 Å². The SMILES string of the molecule is CC(C)c1cccc(C(C)C)c1N1[CH-]N(c2c(C(C)C)cccc2C(C)C)c2ccccc21.[Au].c1ccc2c(c1)[n-]c1cnccc12. The number of pyridine rings is 1. The number of rotatable bonds is 6. The van der Waals surface area contributed by atoms with Crippen molar-refractivity contribution in [2.45, 2.75) is 79.1 Å². The van der Waals surface area contributed by atoms with E-state index in [9.17, 15) is 0 Å². The number of para-hydroxylation sites is 5. The molecule has 0 bridgehead atoms. The fraction of sp³-hybridized carbons (Fsp3) is 0.286. The molecule has 0 spiro atoms. The summed E-state index contributed by atoms with van der Waals surface area (Å²) < 4.78 is 0. The van der Waals surface area contributed by atoms with Crippen LogP contribution in [0.25, 0.3) is 21.8 Å². The predicted octanol–water partition coefficient (Wildman–Crippen LogP) is 11.9. The van der Waals surface area contributed by atoms with Crippen LogP contribution in [0.15, 0.2) is 103 Å². The number of benzene rings is 4. The van der Waals surface area contributed by atoms with E-state index in [1.54, 1.807) is 12.4 Å². The van der Waals surface area contributed by atoms with Gasteiger partial charge in [-0.3, -0.25) is 4.98 Å². The van der Waals surface area contributed by atoms with Crippen LogP contribution in [0.5, 0.6) is 0 Å². The standard InChI is InChI=1S/C31H39N2.C11H7N2.Au/c1-20(2)24-13-11-14-25(21(3)4)30(24)32-19-33(29-18-10-9-17-28(29)32)31-26(22(5)6)15-12-16-27(31)23(7)8;1-2-4-10-8(3-1)9-5-6-12-7-11(9)13-10;/h9-23H,1-8H3;1-7H;/q2*-1;. The largest absolute Gasteiger partial charge is 0.656 e. The smallest absolute Gasteiger partial charge is 0.0345 e. The van der Waals surface area contributed by atoms with Gasteiger partial charge in [-0.15, -0.1) is 17.7 Å². The summed E-state index contributed by atoms with van der Waals surface area (Å²) in [4.78, 5) is 13.4. The Morgan fingerprint density at radius 3 is 1.40 bits per heavy atom. The maximum absolute atomic E-state index is 4.45. The molecule has 1 radical (unpaired) electrons. The van der Waals surface area contributed by atoms with Gasteiger partial charge in [-0.05, 0) is 74.9 Å². The predicted molar refractivity (Wildman–Crippen MR) is 197 cm³/mol. The van der Waals surface area contributed by atoms with Crippen LogP contribution in [0.1, 0.15) is 101 Å². The second-order valence-corrected chi connectivity index (χ2v) is 13.6. The third kappa shape index (κ3) is 6.65. The molecule has 0 saturated carbocycles. The molecule has 1 aliphatic rings. The zero-order valence-electron chi connectivity index (χ0n) is 28.8. The fourth-order valence-electron chi connectivity index (χ4n) is 6.68. The van der Waals surface area contributed by atoms with E-state index in [1.165, 1.54) is 55.8 Å². The summed E-state index contributed by atoms with van der Waals surface area (Å²) in [5.74, 6) is 1.79. The van der Waals surface area contributed by atoms with Crippen molar-refractivity contribution in [3.05, 3.63) is 132 Å². The number of hydrogen-bond donors (Lipinski definition) is 0. The zero-order chi connectivity index (χ0) is 32.5. The maximum Gasteiger partial charge on any atom is 0.0345 e. The van der Waals surface area contributed by atoms with Crippen LogP contribution in [0, 0.1) is 6.67 Å². The molecule has 2 aromatic heterocycles. The molecule has 5 heteroatoms. The van der Waals surface area contributed by atoms with Crippen molar-refractivity contribution in [1.29, 1.82) is 0 Å².